The molecule has 1 aromatic carbocycles. The van der Waals surface area contributed by atoms with Crippen LogP contribution in [0, 0.1) is 16.0 Å². The Balaban J connectivity index is 1.91. The predicted molar refractivity (Wildman–Crippen MR) is 85.7 cm³/mol. The second kappa shape index (κ2) is 8.09. The first-order valence-corrected chi connectivity index (χ1v) is 7.45. The van der Waals surface area contributed by atoms with Crippen LogP contribution in [0.15, 0.2) is 30.4 Å². The third kappa shape index (κ3) is 4.55. The number of amides is 1. The highest BCUT2D eigenvalue weighted by atomic mass is 16.6. The van der Waals surface area contributed by atoms with Gasteiger partial charge in [0.2, 0.25) is 0 Å². The number of nitro groups is 1. The lowest BCUT2D eigenvalue weighted by Crippen LogP contribution is -2.25. The maximum atomic E-state index is 11.9. The number of esters is 1. The van der Waals surface area contributed by atoms with Gasteiger partial charge in [0.25, 0.3) is 11.6 Å². The average molecular weight is 334 g/mol. The molecular weight excluding hydrogens is 316 g/mol. The highest BCUT2D eigenvalue weighted by Crippen LogP contribution is 2.29. The fraction of sp³-hybridized carbons (Fsp3) is 0.375. The smallest absolute Gasteiger partial charge is 0.309 e. The quantitative estimate of drug-likeness (QED) is 0.370. The molecule has 128 valence electrons. The van der Waals surface area contributed by atoms with Crippen molar-refractivity contribution in [2.24, 2.45) is 5.92 Å². The molecule has 2 rings (SSSR count). The SMILES string of the molecule is COc1cc([N+](=O)[O-])ccc1NC(=O)COC(=O)[C@H]1CC=CCC1. The summed E-state index contributed by atoms with van der Waals surface area (Å²) in [5, 5.41) is 13.2. The lowest BCUT2D eigenvalue weighted by molar-refractivity contribution is -0.384. The molecule has 8 heteroatoms. The Morgan fingerprint density at radius 3 is 2.79 bits per heavy atom. The minimum atomic E-state index is -0.561. The molecule has 24 heavy (non-hydrogen) atoms. The monoisotopic (exact) mass is 334 g/mol. The van der Waals surface area contributed by atoms with Gasteiger partial charge in [-0.05, 0) is 25.3 Å². The number of rotatable bonds is 6. The van der Waals surface area contributed by atoms with Gasteiger partial charge in [-0.1, -0.05) is 12.2 Å². The molecule has 0 radical (unpaired) electrons. The zero-order valence-electron chi connectivity index (χ0n) is 13.2. The number of allylic oxidation sites excluding steroid dienone is 2. The van der Waals surface area contributed by atoms with E-state index in [9.17, 15) is 19.7 Å². The van der Waals surface area contributed by atoms with Gasteiger partial charge in [-0.3, -0.25) is 19.7 Å². The van der Waals surface area contributed by atoms with Crippen LogP contribution in [0.5, 0.6) is 5.75 Å². The van der Waals surface area contributed by atoms with E-state index in [-0.39, 0.29) is 23.0 Å². The second-order valence-corrected chi connectivity index (χ2v) is 5.28. The Bertz CT molecular complexity index is 671. The number of benzene rings is 1. The van der Waals surface area contributed by atoms with Crippen molar-refractivity contribution in [1.29, 1.82) is 0 Å². The number of ether oxygens (including phenoxy) is 2. The standard InChI is InChI=1S/C16H18N2O6/c1-23-14-9-12(18(21)22)7-8-13(14)17-15(19)10-24-16(20)11-5-3-2-4-6-11/h2-3,7-9,11H,4-6,10H2,1H3,(H,17,19)/t11-/m0/s1. The summed E-state index contributed by atoms with van der Waals surface area (Å²) in [5.74, 6) is -0.995. The molecule has 1 N–H and O–H groups in total. The van der Waals surface area contributed by atoms with Crippen molar-refractivity contribution in [3.63, 3.8) is 0 Å². The summed E-state index contributed by atoms with van der Waals surface area (Å²) in [6.45, 7) is -0.417. The number of nitrogens with one attached hydrogen (secondary N) is 1. The number of methoxy groups -OCH3 is 1. The highest BCUT2D eigenvalue weighted by molar-refractivity contribution is 5.94. The van der Waals surface area contributed by atoms with Gasteiger partial charge in [0.05, 0.1) is 29.7 Å². The zero-order chi connectivity index (χ0) is 17.5. The molecule has 1 aromatic rings. The first kappa shape index (κ1) is 17.5. The summed E-state index contributed by atoms with van der Waals surface area (Å²) >= 11 is 0. The number of hydrogen-bond donors (Lipinski definition) is 1. The van der Waals surface area contributed by atoms with Crippen LogP contribution in [0.4, 0.5) is 11.4 Å². The predicted octanol–water partition coefficient (Wildman–Crippen LogP) is 2.44. The number of non-ortho nitro benzene ring substituents is 1. The molecule has 0 heterocycles. The topological polar surface area (TPSA) is 108 Å². The van der Waals surface area contributed by atoms with Gasteiger partial charge in [-0.15, -0.1) is 0 Å². The van der Waals surface area contributed by atoms with Gasteiger partial charge in [-0.2, -0.15) is 0 Å². The van der Waals surface area contributed by atoms with Crippen LogP contribution < -0.4 is 10.1 Å². The summed E-state index contributed by atoms with van der Waals surface area (Å²) in [4.78, 5) is 33.9. The maximum Gasteiger partial charge on any atom is 0.309 e. The summed E-state index contributed by atoms with van der Waals surface area (Å²) in [7, 11) is 1.34. The van der Waals surface area contributed by atoms with E-state index in [0.717, 1.165) is 6.42 Å². The molecular formula is C16H18N2O6. The Hall–Kier alpha value is -2.90. The maximum absolute atomic E-state index is 11.9. The van der Waals surface area contributed by atoms with Gasteiger partial charge >= 0.3 is 5.97 Å². The molecule has 0 saturated heterocycles. The molecule has 1 aliphatic rings. The Kier molecular flexibility index (Phi) is 5.89. The third-order valence-electron chi connectivity index (χ3n) is 3.62. The van der Waals surface area contributed by atoms with Crippen LogP contribution in [-0.4, -0.2) is 30.5 Å². The van der Waals surface area contributed by atoms with E-state index in [2.05, 4.69) is 5.32 Å². The average Bonchev–Trinajstić information content (AvgIpc) is 2.60. The van der Waals surface area contributed by atoms with Gasteiger partial charge in [0.15, 0.2) is 6.61 Å². The molecule has 1 amide bonds. The lowest BCUT2D eigenvalue weighted by Gasteiger charge is -2.16. The van der Waals surface area contributed by atoms with Crippen LogP contribution in [0.2, 0.25) is 0 Å². The number of carbonyl (C=O) groups is 2. The largest absolute Gasteiger partial charge is 0.494 e. The summed E-state index contributed by atoms with van der Waals surface area (Å²) in [5.41, 5.74) is 0.117. The molecule has 8 nitrogen and oxygen atoms in total. The van der Waals surface area contributed by atoms with Crippen LogP contribution >= 0.6 is 0 Å². The Morgan fingerprint density at radius 2 is 2.17 bits per heavy atom. The number of nitro benzene ring substituents is 1. The van der Waals surface area contributed by atoms with E-state index in [1.54, 1.807) is 0 Å². The summed E-state index contributed by atoms with van der Waals surface area (Å²) in [6, 6.07) is 3.82. The van der Waals surface area contributed by atoms with Crippen LogP contribution in [0.1, 0.15) is 19.3 Å². The number of carbonyl (C=O) groups excluding carboxylic acids is 2. The van der Waals surface area contributed by atoms with E-state index in [4.69, 9.17) is 9.47 Å². The number of hydrogen-bond acceptors (Lipinski definition) is 6. The second-order valence-electron chi connectivity index (χ2n) is 5.28. The fourth-order valence-electron chi connectivity index (χ4n) is 2.35. The summed E-state index contributed by atoms with van der Waals surface area (Å²) in [6.07, 6.45) is 6.10. The van der Waals surface area contributed by atoms with Crippen molar-refractivity contribution in [3.8, 4) is 5.75 Å². The third-order valence-corrected chi connectivity index (χ3v) is 3.62. The number of nitrogens with zero attached hydrogens (tertiary/aromatic N) is 1. The van der Waals surface area contributed by atoms with Crippen molar-refractivity contribution in [3.05, 3.63) is 40.5 Å². The normalized spacial score (nSPS) is 16.3. The molecule has 0 fully saturated rings. The summed E-state index contributed by atoms with van der Waals surface area (Å²) < 4.78 is 10.0. The Morgan fingerprint density at radius 1 is 1.38 bits per heavy atom. The first-order chi connectivity index (χ1) is 11.5. The molecule has 0 unspecified atom stereocenters. The minimum absolute atomic E-state index is 0.151. The number of anilines is 1. The molecule has 0 spiro atoms. The van der Waals surface area contributed by atoms with Crippen LogP contribution in [0.25, 0.3) is 0 Å². The van der Waals surface area contributed by atoms with Crippen LogP contribution in [0.3, 0.4) is 0 Å². The molecule has 0 bridgehead atoms. The van der Waals surface area contributed by atoms with Crippen molar-refractivity contribution >= 4 is 23.3 Å². The van der Waals surface area contributed by atoms with Gasteiger partial charge in [0.1, 0.15) is 5.75 Å². The van der Waals surface area contributed by atoms with Crippen molar-refractivity contribution in [2.45, 2.75) is 19.3 Å². The van der Waals surface area contributed by atoms with Gasteiger partial charge in [-0.25, -0.2) is 0 Å². The molecule has 0 aliphatic heterocycles. The van der Waals surface area contributed by atoms with Crippen LogP contribution in [-0.2, 0) is 14.3 Å². The van der Waals surface area contributed by atoms with Crippen molar-refractivity contribution in [1.82, 2.24) is 0 Å². The molecule has 0 aromatic heterocycles. The first-order valence-electron chi connectivity index (χ1n) is 7.45. The molecule has 0 saturated carbocycles. The van der Waals surface area contributed by atoms with E-state index in [1.165, 1.54) is 25.3 Å². The van der Waals surface area contributed by atoms with E-state index >= 15 is 0 Å². The van der Waals surface area contributed by atoms with Crippen molar-refractivity contribution in [2.75, 3.05) is 19.0 Å². The van der Waals surface area contributed by atoms with E-state index in [1.807, 2.05) is 12.2 Å². The Labute approximate surface area is 138 Å². The van der Waals surface area contributed by atoms with E-state index < -0.39 is 23.4 Å². The lowest BCUT2D eigenvalue weighted by atomic mass is 9.95. The fourth-order valence-corrected chi connectivity index (χ4v) is 2.35. The highest BCUT2D eigenvalue weighted by Gasteiger charge is 2.21. The molecule has 1 aliphatic carbocycles. The van der Waals surface area contributed by atoms with Crippen molar-refractivity contribution < 1.29 is 24.0 Å². The minimum Gasteiger partial charge on any atom is -0.494 e. The zero-order valence-corrected chi connectivity index (χ0v) is 13.2. The van der Waals surface area contributed by atoms with Gasteiger partial charge in [0, 0.05) is 6.07 Å². The van der Waals surface area contributed by atoms with E-state index in [0.29, 0.717) is 12.8 Å². The molecule has 1 atom stereocenters. The van der Waals surface area contributed by atoms with Gasteiger partial charge < -0.3 is 14.8 Å².